The zero-order chi connectivity index (χ0) is 14.8. The molecule has 0 bridgehead atoms. The number of ketones is 1. The Bertz CT molecular complexity index is 791. The predicted octanol–water partition coefficient (Wildman–Crippen LogP) is 3.12. The lowest BCUT2D eigenvalue weighted by Gasteiger charge is -2.08. The summed E-state index contributed by atoms with van der Waals surface area (Å²) in [7, 11) is 0. The molecular formula is C17H15N3O. The summed E-state index contributed by atoms with van der Waals surface area (Å²) in [5.41, 5.74) is 3.65. The number of para-hydroxylation sites is 1. The minimum Gasteiger partial charge on any atom is -0.287 e. The number of hydrogen-bond donors (Lipinski definition) is 0. The van der Waals surface area contributed by atoms with E-state index in [2.05, 4.69) is 10.1 Å². The molecule has 104 valence electrons. The third-order valence-corrected chi connectivity index (χ3v) is 3.35. The van der Waals surface area contributed by atoms with Crippen LogP contribution in [-0.2, 0) is 0 Å². The molecule has 2 heterocycles. The Morgan fingerprint density at radius 1 is 1.00 bits per heavy atom. The number of benzene rings is 1. The minimum atomic E-state index is -0.0682. The lowest BCUT2D eigenvalue weighted by molar-refractivity contribution is 0.103. The number of hydrogen-bond acceptors (Lipinski definition) is 3. The Morgan fingerprint density at radius 2 is 1.76 bits per heavy atom. The van der Waals surface area contributed by atoms with Crippen LogP contribution in [0.1, 0.15) is 27.4 Å². The van der Waals surface area contributed by atoms with Crippen molar-refractivity contribution in [3.8, 4) is 5.69 Å². The van der Waals surface area contributed by atoms with Crippen LogP contribution in [-0.4, -0.2) is 20.5 Å². The fourth-order valence-corrected chi connectivity index (χ4v) is 2.31. The Kier molecular flexibility index (Phi) is 3.36. The van der Waals surface area contributed by atoms with E-state index >= 15 is 0 Å². The van der Waals surface area contributed by atoms with Gasteiger partial charge < -0.3 is 0 Å². The zero-order valence-corrected chi connectivity index (χ0v) is 11.9. The Balaban J connectivity index is 2.06. The van der Waals surface area contributed by atoms with Gasteiger partial charge in [-0.05, 0) is 44.2 Å². The number of carbonyl (C=O) groups excluding carboxylic acids is 1. The Morgan fingerprint density at radius 3 is 2.48 bits per heavy atom. The van der Waals surface area contributed by atoms with Crippen LogP contribution < -0.4 is 0 Å². The maximum absolute atomic E-state index is 12.7. The third kappa shape index (κ3) is 2.48. The zero-order valence-electron chi connectivity index (χ0n) is 11.9. The van der Waals surface area contributed by atoms with Gasteiger partial charge in [0.2, 0.25) is 5.78 Å². The van der Waals surface area contributed by atoms with Crippen molar-refractivity contribution >= 4 is 5.78 Å². The van der Waals surface area contributed by atoms with Crippen LogP contribution in [0.3, 0.4) is 0 Å². The second-order valence-corrected chi connectivity index (χ2v) is 4.88. The van der Waals surface area contributed by atoms with Crippen molar-refractivity contribution in [3.05, 3.63) is 77.4 Å². The summed E-state index contributed by atoms with van der Waals surface area (Å²) in [6.45, 7) is 3.76. The molecule has 0 unspecified atom stereocenters. The fraction of sp³-hybridized carbons (Fsp3) is 0.118. The molecule has 21 heavy (non-hydrogen) atoms. The molecule has 0 N–H and O–H groups in total. The highest BCUT2D eigenvalue weighted by Gasteiger charge is 2.17. The lowest BCUT2D eigenvalue weighted by atomic mass is 10.1. The molecule has 0 amide bonds. The van der Waals surface area contributed by atoms with Crippen molar-refractivity contribution in [2.75, 3.05) is 0 Å². The maximum atomic E-state index is 12.7. The second kappa shape index (κ2) is 5.32. The van der Waals surface area contributed by atoms with Gasteiger partial charge in [0, 0.05) is 17.0 Å². The first kappa shape index (κ1) is 13.2. The van der Waals surface area contributed by atoms with Gasteiger partial charge in [-0.15, -0.1) is 0 Å². The second-order valence-electron chi connectivity index (χ2n) is 4.88. The molecule has 2 aromatic heterocycles. The van der Waals surface area contributed by atoms with E-state index in [1.807, 2.05) is 56.3 Å². The summed E-state index contributed by atoms with van der Waals surface area (Å²) < 4.78 is 1.65. The molecule has 0 fully saturated rings. The van der Waals surface area contributed by atoms with Gasteiger partial charge in [-0.2, -0.15) is 5.10 Å². The number of nitrogens with zero attached hydrogens (tertiary/aromatic N) is 3. The number of aryl methyl sites for hydroxylation is 2. The highest BCUT2D eigenvalue weighted by atomic mass is 16.1. The van der Waals surface area contributed by atoms with E-state index in [4.69, 9.17) is 0 Å². The molecule has 0 aliphatic carbocycles. The summed E-state index contributed by atoms with van der Waals surface area (Å²) in [4.78, 5) is 17.1. The SMILES string of the molecule is Cc1ccc(C(=O)c2ccnn2-c2ccccc2)c(C)n1. The first-order chi connectivity index (χ1) is 10.2. The number of rotatable bonds is 3. The summed E-state index contributed by atoms with van der Waals surface area (Å²) in [6, 6.07) is 15.0. The molecular weight excluding hydrogens is 262 g/mol. The van der Waals surface area contributed by atoms with Crippen molar-refractivity contribution in [1.82, 2.24) is 14.8 Å². The highest BCUT2D eigenvalue weighted by Crippen LogP contribution is 2.16. The molecule has 3 rings (SSSR count). The monoisotopic (exact) mass is 277 g/mol. The van der Waals surface area contributed by atoms with Crippen LogP contribution in [0.5, 0.6) is 0 Å². The average molecular weight is 277 g/mol. The van der Waals surface area contributed by atoms with E-state index in [1.165, 1.54) is 0 Å². The maximum Gasteiger partial charge on any atom is 0.213 e. The van der Waals surface area contributed by atoms with Crippen molar-refractivity contribution in [1.29, 1.82) is 0 Å². The van der Waals surface area contributed by atoms with Crippen LogP contribution >= 0.6 is 0 Å². The normalized spacial score (nSPS) is 10.6. The third-order valence-electron chi connectivity index (χ3n) is 3.35. The molecule has 3 aromatic rings. The van der Waals surface area contributed by atoms with Crippen molar-refractivity contribution in [2.45, 2.75) is 13.8 Å². The standard InChI is InChI=1S/C17H15N3O/c1-12-8-9-15(13(2)19-12)17(21)16-10-11-18-20(16)14-6-4-3-5-7-14/h3-11H,1-2H3. The molecule has 4 heteroatoms. The van der Waals surface area contributed by atoms with Crippen LogP contribution in [0, 0.1) is 13.8 Å². The van der Waals surface area contributed by atoms with E-state index in [0.717, 1.165) is 17.1 Å². The van der Waals surface area contributed by atoms with Crippen LogP contribution in [0.4, 0.5) is 0 Å². The molecule has 0 aliphatic rings. The number of pyridine rings is 1. The van der Waals surface area contributed by atoms with E-state index in [-0.39, 0.29) is 5.78 Å². The van der Waals surface area contributed by atoms with Gasteiger partial charge in [0.05, 0.1) is 11.9 Å². The van der Waals surface area contributed by atoms with E-state index in [0.29, 0.717) is 11.3 Å². The largest absolute Gasteiger partial charge is 0.287 e. The van der Waals surface area contributed by atoms with Gasteiger partial charge in [0.25, 0.3) is 0 Å². The van der Waals surface area contributed by atoms with Crippen LogP contribution in [0.15, 0.2) is 54.7 Å². The average Bonchev–Trinajstić information content (AvgIpc) is 2.97. The molecule has 0 saturated heterocycles. The van der Waals surface area contributed by atoms with Gasteiger partial charge in [-0.1, -0.05) is 18.2 Å². The molecule has 4 nitrogen and oxygen atoms in total. The van der Waals surface area contributed by atoms with Gasteiger partial charge in [0.1, 0.15) is 5.69 Å². The predicted molar refractivity (Wildman–Crippen MR) is 80.7 cm³/mol. The highest BCUT2D eigenvalue weighted by molar-refractivity contribution is 6.08. The van der Waals surface area contributed by atoms with Crippen LogP contribution in [0.2, 0.25) is 0 Å². The quantitative estimate of drug-likeness (QED) is 0.691. The number of aromatic nitrogens is 3. The number of carbonyl (C=O) groups is 1. The molecule has 1 aromatic carbocycles. The van der Waals surface area contributed by atoms with E-state index < -0.39 is 0 Å². The van der Waals surface area contributed by atoms with Gasteiger partial charge >= 0.3 is 0 Å². The van der Waals surface area contributed by atoms with Gasteiger partial charge in [0.15, 0.2) is 0 Å². The molecule has 0 spiro atoms. The summed E-state index contributed by atoms with van der Waals surface area (Å²) in [6.07, 6.45) is 1.64. The fourth-order valence-electron chi connectivity index (χ4n) is 2.31. The van der Waals surface area contributed by atoms with E-state index in [1.54, 1.807) is 16.9 Å². The summed E-state index contributed by atoms with van der Waals surface area (Å²) in [5, 5.41) is 4.26. The smallest absolute Gasteiger partial charge is 0.213 e. The summed E-state index contributed by atoms with van der Waals surface area (Å²) >= 11 is 0. The first-order valence-electron chi connectivity index (χ1n) is 6.75. The lowest BCUT2D eigenvalue weighted by Crippen LogP contribution is -2.12. The first-order valence-corrected chi connectivity index (χ1v) is 6.75. The van der Waals surface area contributed by atoms with E-state index in [9.17, 15) is 4.79 Å². The molecule has 0 atom stereocenters. The van der Waals surface area contributed by atoms with Crippen molar-refractivity contribution < 1.29 is 4.79 Å². The Labute approximate surface area is 123 Å². The molecule has 0 radical (unpaired) electrons. The minimum absolute atomic E-state index is 0.0682. The summed E-state index contributed by atoms with van der Waals surface area (Å²) in [5.74, 6) is -0.0682. The van der Waals surface area contributed by atoms with Crippen LogP contribution in [0.25, 0.3) is 5.69 Å². The molecule has 0 aliphatic heterocycles. The van der Waals surface area contributed by atoms with Crippen molar-refractivity contribution in [2.24, 2.45) is 0 Å². The van der Waals surface area contributed by atoms with Gasteiger partial charge in [-0.3, -0.25) is 9.78 Å². The molecule has 0 saturated carbocycles. The van der Waals surface area contributed by atoms with Gasteiger partial charge in [-0.25, -0.2) is 4.68 Å². The Hall–Kier alpha value is -2.75. The topological polar surface area (TPSA) is 47.8 Å². The van der Waals surface area contributed by atoms with Crippen molar-refractivity contribution in [3.63, 3.8) is 0 Å².